The van der Waals surface area contributed by atoms with Crippen LogP contribution in [0.3, 0.4) is 0 Å². The standard InChI is InChI=1S/C20H16N2O2S/c1-11-3-8-16-14(9-11)18-19(25-16)17(15(10-21)20(22)24-18)12-4-6-13(23-2)7-5-12/h3-9,17H,22H2,1-2H3. The zero-order valence-corrected chi connectivity index (χ0v) is 14.7. The molecule has 0 amide bonds. The molecule has 1 aliphatic rings. The van der Waals surface area contributed by atoms with E-state index >= 15 is 0 Å². The fraction of sp³-hybridized carbons (Fsp3) is 0.150. The van der Waals surface area contributed by atoms with Gasteiger partial charge in [0, 0.05) is 10.1 Å². The molecular weight excluding hydrogens is 332 g/mol. The first-order valence-corrected chi connectivity index (χ1v) is 8.68. The molecule has 0 saturated carbocycles. The predicted molar refractivity (Wildman–Crippen MR) is 98.9 cm³/mol. The van der Waals surface area contributed by atoms with Crippen molar-refractivity contribution in [1.29, 1.82) is 5.26 Å². The molecule has 124 valence electrons. The molecule has 0 aliphatic carbocycles. The van der Waals surface area contributed by atoms with Crippen molar-refractivity contribution in [3.05, 3.63) is 69.9 Å². The highest BCUT2D eigenvalue weighted by Gasteiger charge is 2.33. The maximum atomic E-state index is 9.65. The minimum atomic E-state index is -0.225. The second-order valence-electron chi connectivity index (χ2n) is 5.99. The third-order valence-electron chi connectivity index (χ3n) is 4.42. The molecule has 1 aromatic heterocycles. The molecule has 0 saturated heterocycles. The molecule has 0 bridgehead atoms. The highest BCUT2D eigenvalue weighted by Crippen LogP contribution is 2.50. The van der Waals surface area contributed by atoms with Crippen LogP contribution in [0.5, 0.6) is 11.5 Å². The molecule has 25 heavy (non-hydrogen) atoms. The van der Waals surface area contributed by atoms with Crippen molar-refractivity contribution < 1.29 is 9.47 Å². The lowest BCUT2D eigenvalue weighted by Crippen LogP contribution is -2.19. The number of nitrogens with zero attached hydrogens (tertiary/aromatic N) is 1. The Morgan fingerprint density at radius 1 is 1.20 bits per heavy atom. The van der Waals surface area contributed by atoms with Gasteiger partial charge in [0.1, 0.15) is 17.4 Å². The first-order valence-electron chi connectivity index (χ1n) is 7.87. The molecule has 2 aromatic carbocycles. The van der Waals surface area contributed by atoms with E-state index in [0.717, 1.165) is 37.6 Å². The van der Waals surface area contributed by atoms with E-state index < -0.39 is 0 Å². The topological polar surface area (TPSA) is 68.3 Å². The monoisotopic (exact) mass is 348 g/mol. The second kappa shape index (κ2) is 5.83. The van der Waals surface area contributed by atoms with Crippen molar-refractivity contribution in [2.45, 2.75) is 12.8 Å². The van der Waals surface area contributed by atoms with E-state index in [1.807, 2.05) is 31.2 Å². The van der Waals surface area contributed by atoms with E-state index in [1.165, 1.54) is 0 Å². The average Bonchev–Trinajstić information content (AvgIpc) is 2.98. The Balaban J connectivity index is 1.95. The van der Waals surface area contributed by atoms with Crippen molar-refractivity contribution in [3.63, 3.8) is 0 Å². The molecular formula is C20H16N2O2S. The van der Waals surface area contributed by atoms with Crippen LogP contribution in [0.4, 0.5) is 0 Å². The zero-order valence-electron chi connectivity index (χ0n) is 13.9. The van der Waals surface area contributed by atoms with E-state index in [2.05, 4.69) is 24.3 Å². The van der Waals surface area contributed by atoms with Gasteiger partial charge >= 0.3 is 0 Å². The SMILES string of the molecule is COc1ccc(C2C(C#N)=C(N)Oc3c2sc2ccc(C)cc32)cc1. The van der Waals surface area contributed by atoms with Gasteiger partial charge in [-0.15, -0.1) is 11.3 Å². The summed E-state index contributed by atoms with van der Waals surface area (Å²) in [6.07, 6.45) is 0. The van der Waals surface area contributed by atoms with Crippen LogP contribution in [-0.4, -0.2) is 7.11 Å². The number of benzene rings is 2. The molecule has 1 atom stereocenters. The number of aryl methyl sites for hydroxylation is 1. The Morgan fingerprint density at radius 2 is 1.96 bits per heavy atom. The van der Waals surface area contributed by atoms with Gasteiger partial charge in [-0.2, -0.15) is 5.26 Å². The summed E-state index contributed by atoms with van der Waals surface area (Å²) in [6.45, 7) is 2.05. The maximum Gasteiger partial charge on any atom is 0.205 e. The molecule has 5 heteroatoms. The summed E-state index contributed by atoms with van der Waals surface area (Å²) in [5.41, 5.74) is 8.69. The van der Waals surface area contributed by atoms with Gasteiger partial charge in [-0.05, 0) is 36.8 Å². The normalized spacial score (nSPS) is 16.3. The Kier molecular flexibility index (Phi) is 3.63. The number of allylic oxidation sites excluding steroid dienone is 1. The number of ether oxygens (including phenoxy) is 2. The number of rotatable bonds is 2. The average molecular weight is 348 g/mol. The minimum absolute atomic E-state index is 0.178. The summed E-state index contributed by atoms with van der Waals surface area (Å²) >= 11 is 1.65. The van der Waals surface area contributed by atoms with Crippen LogP contribution >= 0.6 is 11.3 Å². The lowest BCUT2D eigenvalue weighted by Gasteiger charge is -2.24. The van der Waals surface area contributed by atoms with Crippen LogP contribution in [-0.2, 0) is 0 Å². The number of methoxy groups -OCH3 is 1. The van der Waals surface area contributed by atoms with Gasteiger partial charge in [0.05, 0.1) is 17.9 Å². The number of nitrogens with two attached hydrogens (primary N) is 1. The first-order chi connectivity index (χ1) is 12.1. The van der Waals surface area contributed by atoms with Crippen molar-refractivity contribution >= 4 is 21.4 Å². The minimum Gasteiger partial charge on any atom is -0.497 e. The first kappa shape index (κ1) is 15.6. The summed E-state index contributed by atoms with van der Waals surface area (Å²) < 4.78 is 12.2. The van der Waals surface area contributed by atoms with E-state index in [0.29, 0.717) is 5.57 Å². The molecule has 0 fully saturated rings. The second-order valence-corrected chi connectivity index (χ2v) is 7.08. The lowest BCUT2D eigenvalue weighted by atomic mass is 9.88. The van der Waals surface area contributed by atoms with E-state index in [9.17, 15) is 5.26 Å². The molecule has 4 rings (SSSR count). The number of nitriles is 1. The Hall–Kier alpha value is -2.97. The fourth-order valence-corrected chi connectivity index (χ4v) is 4.43. The van der Waals surface area contributed by atoms with Crippen LogP contribution in [0.1, 0.15) is 21.9 Å². The number of hydrogen-bond acceptors (Lipinski definition) is 5. The van der Waals surface area contributed by atoms with Gasteiger partial charge in [-0.3, -0.25) is 0 Å². The quantitative estimate of drug-likeness (QED) is 0.743. The Bertz CT molecular complexity index is 1040. The zero-order chi connectivity index (χ0) is 17.6. The smallest absolute Gasteiger partial charge is 0.205 e. The van der Waals surface area contributed by atoms with Crippen molar-refractivity contribution in [3.8, 4) is 17.6 Å². The number of fused-ring (bicyclic) bond motifs is 3. The van der Waals surface area contributed by atoms with Crippen LogP contribution in [0.25, 0.3) is 10.1 Å². The van der Waals surface area contributed by atoms with Crippen LogP contribution in [0.15, 0.2) is 53.9 Å². The maximum absolute atomic E-state index is 9.65. The van der Waals surface area contributed by atoms with Crippen molar-refractivity contribution in [2.75, 3.05) is 7.11 Å². The predicted octanol–water partition coefficient (Wildman–Crippen LogP) is 4.44. The largest absolute Gasteiger partial charge is 0.497 e. The highest BCUT2D eigenvalue weighted by molar-refractivity contribution is 7.19. The van der Waals surface area contributed by atoms with E-state index in [4.69, 9.17) is 15.2 Å². The summed E-state index contributed by atoms with van der Waals surface area (Å²) in [5.74, 6) is 1.49. The van der Waals surface area contributed by atoms with Gasteiger partial charge in [-0.25, -0.2) is 0 Å². The molecule has 2 heterocycles. The third-order valence-corrected chi connectivity index (χ3v) is 5.64. The molecule has 0 radical (unpaired) electrons. The number of hydrogen-bond donors (Lipinski definition) is 1. The molecule has 4 nitrogen and oxygen atoms in total. The van der Waals surface area contributed by atoms with Gasteiger partial charge in [0.15, 0.2) is 5.75 Å². The highest BCUT2D eigenvalue weighted by atomic mass is 32.1. The van der Waals surface area contributed by atoms with Crippen molar-refractivity contribution in [2.24, 2.45) is 5.73 Å². The Morgan fingerprint density at radius 3 is 2.64 bits per heavy atom. The molecule has 1 unspecified atom stereocenters. The van der Waals surface area contributed by atoms with Crippen LogP contribution in [0.2, 0.25) is 0 Å². The summed E-state index contributed by atoms with van der Waals surface area (Å²) in [4.78, 5) is 1.01. The molecule has 0 spiro atoms. The third kappa shape index (κ3) is 2.43. The summed E-state index contributed by atoms with van der Waals surface area (Å²) in [6, 6.07) is 16.2. The van der Waals surface area contributed by atoms with Crippen molar-refractivity contribution in [1.82, 2.24) is 0 Å². The van der Waals surface area contributed by atoms with Gasteiger partial charge in [0.25, 0.3) is 0 Å². The Labute approximate surface area is 149 Å². The van der Waals surface area contributed by atoms with Gasteiger partial charge < -0.3 is 15.2 Å². The molecule has 2 N–H and O–H groups in total. The summed E-state index contributed by atoms with van der Waals surface area (Å²) in [5, 5.41) is 10.7. The van der Waals surface area contributed by atoms with E-state index in [1.54, 1.807) is 18.4 Å². The molecule has 3 aromatic rings. The van der Waals surface area contributed by atoms with Crippen LogP contribution in [0, 0.1) is 18.3 Å². The summed E-state index contributed by atoms with van der Waals surface area (Å²) in [7, 11) is 1.63. The molecule has 1 aliphatic heterocycles. The van der Waals surface area contributed by atoms with Gasteiger partial charge in [0.2, 0.25) is 5.88 Å². The van der Waals surface area contributed by atoms with Crippen LogP contribution < -0.4 is 15.2 Å². The fourth-order valence-electron chi connectivity index (χ4n) is 3.18. The van der Waals surface area contributed by atoms with Gasteiger partial charge in [-0.1, -0.05) is 23.8 Å². The lowest BCUT2D eigenvalue weighted by molar-refractivity contribution is 0.401. The number of thiophene rings is 1. The van der Waals surface area contributed by atoms with E-state index in [-0.39, 0.29) is 11.8 Å².